The van der Waals surface area contributed by atoms with Gasteiger partial charge in [0.1, 0.15) is 6.54 Å². The maximum Gasteiger partial charge on any atom is 0.220 e. The number of amides is 1. The second-order valence-electron chi connectivity index (χ2n) is 6.03. The standard InChI is InChI=1S/C20H23N3O.BrH/c24-20(10-4-7-15-23-13-5-1-6-14-23)21-12-11-17-16-22-19-9-3-2-8-18(17)19;/h1-3,5-6,8-9,13-14,16,22H,4,7,10-12,15H2;1H. The number of aromatic nitrogens is 2. The summed E-state index contributed by atoms with van der Waals surface area (Å²) in [4.78, 5) is 15.2. The number of aryl methyl sites for hydroxylation is 1. The lowest BCUT2D eigenvalue weighted by molar-refractivity contribution is -0.697. The molecular weight excluding hydrogens is 378 g/mol. The maximum atomic E-state index is 11.9. The first-order valence-corrected chi connectivity index (χ1v) is 8.59. The Bertz CT molecular complexity index is 786. The molecule has 2 N–H and O–H groups in total. The van der Waals surface area contributed by atoms with Gasteiger partial charge >= 0.3 is 0 Å². The molecule has 25 heavy (non-hydrogen) atoms. The molecule has 0 atom stereocenters. The number of H-pyrrole nitrogens is 1. The summed E-state index contributed by atoms with van der Waals surface area (Å²) in [6.07, 6.45) is 9.54. The molecule has 0 aliphatic rings. The van der Waals surface area contributed by atoms with Crippen molar-refractivity contribution in [1.82, 2.24) is 10.3 Å². The first kappa shape index (κ1) is 19.2. The minimum absolute atomic E-state index is 0. The Labute approximate surface area is 159 Å². The number of aromatic amines is 1. The molecule has 0 aliphatic carbocycles. The fraction of sp³-hybridized carbons (Fsp3) is 0.300. The summed E-state index contributed by atoms with van der Waals surface area (Å²) in [6.45, 7) is 1.65. The molecule has 2 aromatic heterocycles. The van der Waals surface area contributed by atoms with Crippen LogP contribution < -0.4 is 26.9 Å². The van der Waals surface area contributed by atoms with Gasteiger partial charge in [0.15, 0.2) is 12.4 Å². The summed E-state index contributed by atoms with van der Waals surface area (Å²) in [5.41, 5.74) is 2.41. The lowest BCUT2D eigenvalue weighted by atomic mass is 10.1. The number of nitrogens with zero attached hydrogens (tertiary/aromatic N) is 1. The lowest BCUT2D eigenvalue weighted by Crippen LogP contribution is -3.00. The predicted octanol–water partition coefficient (Wildman–Crippen LogP) is -0.0114. The van der Waals surface area contributed by atoms with Crippen molar-refractivity contribution < 1.29 is 26.3 Å². The first-order valence-electron chi connectivity index (χ1n) is 8.59. The zero-order chi connectivity index (χ0) is 16.6. The molecule has 2 heterocycles. The van der Waals surface area contributed by atoms with Gasteiger partial charge < -0.3 is 27.3 Å². The number of para-hydroxylation sites is 1. The van der Waals surface area contributed by atoms with Crippen molar-refractivity contribution in [3.63, 3.8) is 0 Å². The molecule has 5 heteroatoms. The van der Waals surface area contributed by atoms with Crippen LogP contribution in [0.15, 0.2) is 61.1 Å². The average Bonchev–Trinajstić information content (AvgIpc) is 3.03. The van der Waals surface area contributed by atoms with Crippen LogP contribution in [0.4, 0.5) is 0 Å². The number of halogens is 1. The van der Waals surface area contributed by atoms with Gasteiger partial charge in [-0.15, -0.1) is 0 Å². The van der Waals surface area contributed by atoms with E-state index in [9.17, 15) is 4.79 Å². The smallest absolute Gasteiger partial charge is 0.220 e. The Kier molecular flexibility index (Phi) is 7.67. The van der Waals surface area contributed by atoms with Crippen molar-refractivity contribution in [2.45, 2.75) is 32.2 Å². The highest BCUT2D eigenvalue weighted by atomic mass is 79.9. The number of hydrogen-bond acceptors (Lipinski definition) is 1. The van der Waals surface area contributed by atoms with E-state index in [1.54, 1.807) is 0 Å². The summed E-state index contributed by atoms with van der Waals surface area (Å²) in [5, 5.41) is 4.27. The molecule has 132 valence electrons. The summed E-state index contributed by atoms with van der Waals surface area (Å²) in [5.74, 6) is 0.146. The second kappa shape index (κ2) is 9.99. The van der Waals surface area contributed by atoms with E-state index < -0.39 is 0 Å². The van der Waals surface area contributed by atoms with E-state index in [2.05, 4.69) is 39.4 Å². The van der Waals surface area contributed by atoms with Crippen molar-refractivity contribution >= 4 is 16.8 Å². The Morgan fingerprint density at radius 2 is 1.84 bits per heavy atom. The van der Waals surface area contributed by atoms with Crippen LogP contribution in [0.25, 0.3) is 10.9 Å². The van der Waals surface area contributed by atoms with Gasteiger partial charge in [0.05, 0.1) is 0 Å². The zero-order valence-electron chi connectivity index (χ0n) is 14.2. The third kappa shape index (κ3) is 5.71. The highest BCUT2D eigenvalue weighted by Gasteiger charge is 2.05. The molecule has 3 rings (SSSR count). The van der Waals surface area contributed by atoms with E-state index in [0.717, 1.165) is 31.3 Å². The van der Waals surface area contributed by atoms with Crippen molar-refractivity contribution in [1.29, 1.82) is 0 Å². The van der Waals surface area contributed by atoms with Gasteiger partial charge in [0, 0.05) is 48.6 Å². The minimum Gasteiger partial charge on any atom is -1.00 e. The summed E-state index contributed by atoms with van der Waals surface area (Å²) >= 11 is 0. The van der Waals surface area contributed by atoms with E-state index in [-0.39, 0.29) is 22.9 Å². The van der Waals surface area contributed by atoms with Crippen LogP contribution >= 0.6 is 0 Å². The SMILES string of the molecule is O=C(CCCC[n+]1ccccc1)NCCc1c[nH]c2ccccc12.[Br-]. The van der Waals surface area contributed by atoms with Gasteiger partial charge in [-0.05, 0) is 24.5 Å². The first-order chi connectivity index (χ1) is 11.8. The molecule has 0 bridgehead atoms. The molecule has 0 radical (unpaired) electrons. The molecule has 0 spiro atoms. The molecule has 0 unspecified atom stereocenters. The van der Waals surface area contributed by atoms with Crippen molar-refractivity contribution in [3.05, 3.63) is 66.6 Å². The van der Waals surface area contributed by atoms with Gasteiger partial charge in [-0.3, -0.25) is 4.79 Å². The fourth-order valence-electron chi connectivity index (χ4n) is 2.93. The van der Waals surface area contributed by atoms with Crippen LogP contribution in [-0.2, 0) is 17.8 Å². The van der Waals surface area contributed by atoms with Gasteiger partial charge in [-0.25, -0.2) is 4.57 Å². The zero-order valence-corrected chi connectivity index (χ0v) is 15.8. The number of nitrogens with one attached hydrogen (secondary N) is 2. The number of hydrogen-bond donors (Lipinski definition) is 2. The third-order valence-electron chi connectivity index (χ3n) is 4.24. The largest absolute Gasteiger partial charge is 1.00 e. The summed E-state index contributed by atoms with van der Waals surface area (Å²) in [7, 11) is 0. The summed E-state index contributed by atoms with van der Waals surface area (Å²) in [6, 6.07) is 14.3. The van der Waals surface area contributed by atoms with E-state index in [1.165, 1.54) is 10.9 Å². The molecule has 0 fully saturated rings. The number of pyridine rings is 1. The van der Waals surface area contributed by atoms with E-state index in [4.69, 9.17) is 0 Å². The number of unbranched alkanes of at least 4 members (excludes halogenated alkanes) is 1. The molecule has 1 aromatic carbocycles. The number of carbonyl (C=O) groups is 1. The number of carbonyl (C=O) groups excluding carboxylic acids is 1. The van der Waals surface area contributed by atoms with Crippen LogP contribution in [-0.4, -0.2) is 17.4 Å². The lowest BCUT2D eigenvalue weighted by Gasteiger charge is -2.04. The molecule has 0 aliphatic heterocycles. The third-order valence-corrected chi connectivity index (χ3v) is 4.24. The van der Waals surface area contributed by atoms with Crippen LogP contribution in [0.5, 0.6) is 0 Å². The number of fused-ring (bicyclic) bond motifs is 1. The quantitative estimate of drug-likeness (QED) is 0.404. The maximum absolute atomic E-state index is 11.9. The van der Waals surface area contributed by atoms with Crippen LogP contribution in [0.2, 0.25) is 0 Å². The Hall–Kier alpha value is -2.14. The van der Waals surface area contributed by atoms with Gasteiger partial charge in [0.25, 0.3) is 0 Å². The van der Waals surface area contributed by atoms with Crippen LogP contribution in [0, 0.1) is 0 Å². The minimum atomic E-state index is 0. The molecule has 0 saturated carbocycles. The van der Waals surface area contributed by atoms with E-state index in [1.807, 2.05) is 36.5 Å². The Morgan fingerprint density at radius 3 is 2.68 bits per heavy atom. The Balaban J connectivity index is 0.00000225. The highest BCUT2D eigenvalue weighted by molar-refractivity contribution is 5.83. The molecule has 1 amide bonds. The van der Waals surface area contributed by atoms with E-state index in [0.29, 0.717) is 13.0 Å². The van der Waals surface area contributed by atoms with Gasteiger partial charge in [-0.2, -0.15) is 0 Å². The molecular formula is C20H24BrN3O. The van der Waals surface area contributed by atoms with Crippen molar-refractivity contribution in [2.24, 2.45) is 0 Å². The van der Waals surface area contributed by atoms with Crippen molar-refractivity contribution in [3.8, 4) is 0 Å². The molecule has 0 saturated heterocycles. The average molecular weight is 402 g/mol. The fourth-order valence-corrected chi connectivity index (χ4v) is 2.93. The molecule has 3 aromatic rings. The topological polar surface area (TPSA) is 48.8 Å². The van der Waals surface area contributed by atoms with Crippen LogP contribution in [0.1, 0.15) is 24.8 Å². The van der Waals surface area contributed by atoms with Crippen molar-refractivity contribution in [2.75, 3.05) is 6.54 Å². The number of benzene rings is 1. The molecule has 4 nitrogen and oxygen atoms in total. The number of rotatable bonds is 8. The van der Waals surface area contributed by atoms with E-state index >= 15 is 0 Å². The highest BCUT2D eigenvalue weighted by Crippen LogP contribution is 2.17. The van der Waals surface area contributed by atoms with Gasteiger partial charge in [-0.1, -0.05) is 24.3 Å². The normalized spacial score (nSPS) is 10.4. The van der Waals surface area contributed by atoms with Crippen LogP contribution in [0.3, 0.4) is 0 Å². The monoisotopic (exact) mass is 401 g/mol. The Morgan fingerprint density at radius 1 is 1.04 bits per heavy atom. The predicted molar refractivity (Wildman–Crippen MR) is 95.5 cm³/mol. The summed E-state index contributed by atoms with van der Waals surface area (Å²) < 4.78 is 2.15. The van der Waals surface area contributed by atoms with Gasteiger partial charge in [0.2, 0.25) is 5.91 Å². The second-order valence-corrected chi connectivity index (χ2v) is 6.03.